The van der Waals surface area contributed by atoms with E-state index >= 15 is 0 Å². The van der Waals surface area contributed by atoms with Crippen LogP contribution in [0.25, 0.3) is 0 Å². The smallest absolute Gasteiger partial charge is 0.0264 e. The zero-order chi connectivity index (χ0) is 11.1. The first-order valence-corrected chi connectivity index (χ1v) is 0.827. The van der Waals surface area contributed by atoms with Gasteiger partial charge in [0.25, 0.3) is 0 Å². The largest absolute Gasteiger partial charge is 0.0654 e. The zero-order valence-corrected chi connectivity index (χ0v) is 2.08. The van der Waals surface area contributed by atoms with Gasteiger partial charge in [0.05, 0.1) is 0 Å². The maximum absolute atomic E-state index is 7.00. The minimum absolute atomic E-state index is 2.26. The van der Waals surface area contributed by atoms with Gasteiger partial charge >= 0.3 is 0 Å². The summed E-state index contributed by atoms with van der Waals surface area (Å²) in [6, 6.07) is 0. The Hall–Kier alpha value is 0. The van der Waals surface area contributed by atoms with Crippen molar-refractivity contribution in [3.05, 3.63) is 0 Å². The van der Waals surface area contributed by atoms with E-state index in [2.05, 4.69) is 0 Å². The Kier molecular flexibility index (Phi) is 0.188. The molecule has 0 aliphatic carbocycles. The molecule has 0 saturated heterocycles. The van der Waals surface area contributed by atoms with Gasteiger partial charge in [0.2, 0.25) is 0 Å². The Bertz CT molecular complexity index is 173. The van der Waals surface area contributed by atoms with Gasteiger partial charge in [-0.25, -0.2) is 0 Å². The van der Waals surface area contributed by atoms with Gasteiger partial charge in [0.15, 0.2) is 0 Å². The summed E-state index contributed by atoms with van der Waals surface area (Å²) < 4.78 is 61.4. The van der Waals surface area contributed by atoms with Gasteiger partial charge in [0.1, 0.15) is 0 Å². The molecular weight excluding hydrogens is 48.0 g/mol. The van der Waals surface area contributed by atoms with Gasteiger partial charge < -0.3 is 0 Å². The second-order valence-corrected chi connectivity index (χ2v) is 0.289. The SMILES string of the molecule is [2H]C(C([2H])([2H])[2H])C([2H])([2H])C([2H])([2H])[2H]. The summed E-state index contributed by atoms with van der Waals surface area (Å²) in [5.41, 5.74) is 0. The first kappa shape index (κ1) is 0.250. The molecule has 0 amide bonds. The molecule has 0 heterocycles. The molecule has 0 radical (unpaired) electrons. The van der Waals surface area contributed by atoms with E-state index in [0.717, 1.165) is 0 Å². The molecule has 4 heavy (non-hydrogen) atoms. The molecule has 1 atom stereocenters. The fourth-order valence-corrected chi connectivity index (χ4v) is 0. The van der Waals surface area contributed by atoms with Crippen molar-refractivity contribution in [3.63, 3.8) is 0 Å². The highest BCUT2D eigenvalue weighted by molar-refractivity contribution is 4.12. The van der Waals surface area contributed by atoms with Crippen LogP contribution in [0.4, 0.5) is 0 Å². The van der Waals surface area contributed by atoms with Gasteiger partial charge in [0, 0.05) is 12.3 Å². The van der Waals surface area contributed by atoms with Gasteiger partial charge in [-0.2, -0.15) is 0 Å². The van der Waals surface area contributed by atoms with E-state index in [9.17, 15) is 0 Å². The molecule has 0 fully saturated rings. The van der Waals surface area contributed by atoms with E-state index in [1.54, 1.807) is 0 Å². The Labute approximate surface area is 40.5 Å². The van der Waals surface area contributed by atoms with Crippen molar-refractivity contribution in [2.24, 2.45) is 0 Å². The second-order valence-electron chi connectivity index (χ2n) is 0.289. The lowest BCUT2D eigenvalue weighted by molar-refractivity contribution is 0.886. The summed E-state index contributed by atoms with van der Waals surface area (Å²) in [6.45, 7) is -6.01. The Morgan fingerprint density at radius 1 is 2.00 bits per heavy atom. The van der Waals surface area contributed by atoms with Crippen LogP contribution in [0, 0.1) is 0 Å². The third kappa shape index (κ3) is 2.00. The van der Waals surface area contributed by atoms with Gasteiger partial charge in [-0.1, -0.05) is 26.5 Å². The number of hydrogen-bond acceptors (Lipinski definition) is 0. The second kappa shape index (κ2) is 3.00. The molecule has 0 rings (SSSR count). The standard InChI is InChI=1S/C4H10/c1-3-4-2/h3-4H2,1-2H3/i1D3,2D3,3D,4D2. The molecule has 1 unspecified atom stereocenters. The van der Waals surface area contributed by atoms with E-state index in [0.29, 0.717) is 0 Å². The molecule has 0 N–H and O–H groups in total. The number of rotatable bonds is 1. The minimum atomic E-state index is -3.09. The van der Waals surface area contributed by atoms with Crippen molar-refractivity contribution in [1.29, 1.82) is 0 Å². The first-order valence-electron chi connectivity index (χ1n) is 5.40. The van der Waals surface area contributed by atoms with Crippen molar-refractivity contribution < 1.29 is 12.3 Å². The quantitative estimate of drug-likeness (QED) is 0.438. The molecule has 0 aromatic carbocycles. The van der Waals surface area contributed by atoms with E-state index in [1.807, 2.05) is 0 Å². The molecule has 0 heteroatoms. The molecule has 0 nitrogen and oxygen atoms in total. The highest BCUT2D eigenvalue weighted by atomic mass is 13.6. The Morgan fingerprint density at radius 2 is 3.00 bits per heavy atom. The average molecular weight is 67.2 g/mol. The lowest BCUT2D eigenvalue weighted by atomic mass is 10.4. The van der Waals surface area contributed by atoms with Crippen LogP contribution in [0.2, 0.25) is 0 Å². The molecule has 26 valence electrons. The molecule has 0 aliphatic heterocycles. The third-order valence-electron chi connectivity index (χ3n) is 0.0722. The van der Waals surface area contributed by atoms with Crippen molar-refractivity contribution >= 4 is 0 Å². The predicted octanol–water partition coefficient (Wildman–Crippen LogP) is 1.81. The summed E-state index contributed by atoms with van der Waals surface area (Å²) in [6.07, 6.45) is -5.27. The Balaban J connectivity index is 4.86. The average Bonchev–Trinajstić information content (AvgIpc) is 1.81. The molecule has 0 aliphatic rings. The number of hydrogen-bond donors (Lipinski definition) is 0. The van der Waals surface area contributed by atoms with Crippen molar-refractivity contribution in [2.75, 3.05) is 0 Å². The van der Waals surface area contributed by atoms with Crippen molar-refractivity contribution in [2.45, 2.75) is 26.5 Å². The maximum atomic E-state index is 7.00. The molecule has 0 aromatic heterocycles. The fourth-order valence-electron chi connectivity index (χ4n) is 0. The zero-order valence-electron chi connectivity index (χ0n) is 11.1. The highest BCUT2D eigenvalue weighted by Crippen LogP contribution is 1.76. The summed E-state index contributed by atoms with van der Waals surface area (Å²) in [5.74, 6) is 0. The monoisotopic (exact) mass is 67.1 g/mol. The molecule has 0 aromatic rings. The topological polar surface area (TPSA) is 0 Å². The van der Waals surface area contributed by atoms with Crippen LogP contribution in [-0.4, -0.2) is 0 Å². The van der Waals surface area contributed by atoms with Crippen LogP contribution < -0.4 is 0 Å². The normalized spacial score (nSPS) is 58.5. The summed E-state index contributed by atoms with van der Waals surface area (Å²) in [7, 11) is 0. The van der Waals surface area contributed by atoms with Crippen LogP contribution in [0.15, 0.2) is 0 Å². The molecule has 0 saturated carbocycles. The predicted molar refractivity (Wildman–Crippen MR) is 20.6 cm³/mol. The maximum Gasteiger partial charge on any atom is 0.0264 e. The van der Waals surface area contributed by atoms with E-state index in [-0.39, 0.29) is 0 Å². The van der Waals surface area contributed by atoms with Gasteiger partial charge in [-0.15, -0.1) is 0 Å². The Morgan fingerprint density at radius 3 is 3.25 bits per heavy atom. The van der Waals surface area contributed by atoms with E-state index in [4.69, 9.17) is 12.3 Å². The lowest BCUT2D eigenvalue weighted by Crippen LogP contribution is -1.47. The molecular formula is C4H10. The summed E-state index contributed by atoms with van der Waals surface area (Å²) in [5, 5.41) is 0. The van der Waals surface area contributed by atoms with Crippen LogP contribution >= 0.6 is 0 Å². The fraction of sp³-hybridized carbons (Fsp3) is 1.00. The van der Waals surface area contributed by atoms with Crippen LogP contribution in [0.3, 0.4) is 0 Å². The van der Waals surface area contributed by atoms with Crippen molar-refractivity contribution in [3.8, 4) is 0 Å². The first-order chi connectivity index (χ1) is 5.40. The van der Waals surface area contributed by atoms with Gasteiger partial charge in [-0.3, -0.25) is 0 Å². The molecule has 0 spiro atoms. The lowest BCUT2D eigenvalue weighted by Gasteiger charge is -1.68. The minimum Gasteiger partial charge on any atom is -0.0654 e. The highest BCUT2D eigenvalue weighted by Gasteiger charge is 1.56. The van der Waals surface area contributed by atoms with E-state index in [1.165, 1.54) is 0 Å². The van der Waals surface area contributed by atoms with E-state index < -0.39 is 26.5 Å². The van der Waals surface area contributed by atoms with Crippen molar-refractivity contribution in [1.82, 2.24) is 0 Å². The third-order valence-corrected chi connectivity index (χ3v) is 0.0722. The van der Waals surface area contributed by atoms with Crippen LogP contribution in [0.1, 0.15) is 38.8 Å². The van der Waals surface area contributed by atoms with Crippen LogP contribution in [0.5, 0.6) is 0 Å². The molecule has 0 bridgehead atoms. The van der Waals surface area contributed by atoms with Gasteiger partial charge in [-0.05, 0) is 0 Å². The summed E-state index contributed by atoms with van der Waals surface area (Å²) in [4.78, 5) is 0. The summed E-state index contributed by atoms with van der Waals surface area (Å²) >= 11 is 0. The van der Waals surface area contributed by atoms with Crippen LogP contribution in [-0.2, 0) is 0 Å².